The summed E-state index contributed by atoms with van der Waals surface area (Å²) < 4.78 is 1.90. The van der Waals surface area contributed by atoms with E-state index in [1.165, 1.54) is 11.8 Å². The van der Waals surface area contributed by atoms with Crippen molar-refractivity contribution in [3.63, 3.8) is 0 Å². The fourth-order valence-corrected chi connectivity index (χ4v) is 1.78. The third-order valence-electron chi connectivity index (χ3n) is 2.13. The zero-order valence-electron chi connectivity index (χ0n) is 9.36. The van der Waals surface area contributed by atoms with Gasteiger partial charge in [-0.3, -0.25) is 4.79 Å². The lowest BCUT2D eigenvalue weighted by Crippen LogP contribution is -2.33. The number of nitrogens with zero attached hydrogens (tertiary/aromatic N) is 2. The van der Waals surface area contributed by atoms with Crippen molar-refractivity contribution in [2.75, 3.05) is 5.75 Å². The smallest absolute Gasteiger partial charge is 0.230 e. The van der Waals surface area contributed by atoms with E-state index >= 15 is 0 Å². The van der Waals surface area contributed by atoms with Crippen LogP contribution in [-0.2, 0) is 11.8 Å². The molecule has 0 unspecified atom stereocenters. The number of aromatic nitrogens is 2. The van der Waals surface area contributed by atoms with Crippen molar-refractivity contribution < 1.29 is 4.79 Å². The molecule has 0 aromatic carbocycles. The number of aryl methyl sites for hydroxylation is 1. The van der Waals surface area contributed by atoms with Crippen LogP contribution in [0.5, 0.6) is 0 Å². The highest BCUT2D eigenvalue weighted by molar-refractivity contribution is 7.99. The molecule has 1 aromatic rings. The average molecular weight is 227 g/mol. The second-order valence-corrected chi connectivity index (χ2v) is 4.43. The summed E-state index contributed by atoms with van der Waals surface area (Å²) in [5.41, 5.74) is 0. The van der Waals surface area contributed by atoms with E-state index in [1.54, 1.807) is 6.20 Å². The second kappa shape index (κ2) is 5.80. The van der Waals surface area contributed by atoms with Crippen LogP contribution in [0.25, 0.3) is 0 Å². The zero-order chi connectivity index (χ0) is 11.3. The quantitative estimate of drug-likeness (QED) is 0.774. The summed E-state index contributed by atoms with van der Waals surface area (Å²) in [6.45, 7) is 4.06. The van der Waals surface area contributed by atoms with Crippen LogP contribution in [0.2, 0.25) is 0 Å². The van der Waals surface area contributed by atoms with Crippen molar-refractivity contribution in [3.05, 3.63) is 12.4 Å². The van der Waals surface area contributed by atoms with Crippen LogP contribution < -0.4 is 5.32 Å². The molecule has 1 atom stereocenters. The van der Waals surface area contributed by atoms with Crippen molar-refractivity contribution in [1.29, 1.82) is 0 Å². The van der Waals surface area contributed by atoms with E-state index in [0.717, 1.165) is 11.6 Å². The Morgan fingerprint density at radius 3 is 3.00 bits per heavy atom. The summed E-state index contributed by atoms with van der Waals surface area (Å²) in [7, 11) is 1.92. The van der Waals surface area contributed by atoms with Gasteiger partial charge >= 0.3 is 0 Å². The minimum atomic E-state index is 0.0670. The van der Waals surface area contributed by atoms with Gasteiger partial charge in [-0.05, 0) is 13.3 Å². The molecule has 0 aliphatic carbocycles. The van der Waals surface area contributed by atoms with E-state index in [9.17, 15) is 4.79 Å². The number of imidazole rings is 1. The van der Waals surface area contributed by atoms with Gasteiger partial charge in [0, 0.05) is 25.5 Å². The first-order chi connectivity index (χ1) is 7.13. The monoisotopic (exact) mass is 227 g/mol. The van der Waals surface area contributed by atoms with Gasteiger partial charge in [-0.25, -0.2) is 4.98 Å². The van der Waals surface area contributed by atoms with Crippen molar-refractivity contribution >= 4 is 17.7 Å². The molecule has 84 valence electrons. The molecule has 15 heavy (non-hydrogen) atoms. The molecule has 0 fully saturated rings. The molecule has 0 saturated heterocycles. The first-order valence-electron chi connectivity index (χ1n) is 5.03. The van der Waals surface area contributed by atoms with Crippen LogP contribution in [0.3, 0.4) is 0 Å². The van der Waals surface area contributed by atoms with Gasteiger partial charge in [0.05, 0.1) is 5.75 Å². The van der Waals surface area contributed by atoms with E-state index < -0.39 is 0 Å². The summed E-state index contributed by atoms with van der Waals surface area (Å²) in [6, 6.07) is 0.250. The van der Waals surface area contributed by atoms with Crippen LogP contribution in [0.15, 0.2) is 17.6 Å². The summed E-state index contributed by atoms with van der Waals surface area (Å²) >= 11 is 1.45. The SMILES string of the molecule is CC[C@@H](C)NC(=O)CSc1nccn1C. The van der Waals surface area contributed by atoms with E-state index in [2.05, 4.69) is 17.2 Å². The molecule has 1 N–H and O–H groups in total. The summed E-state index contributed by atoms with van der Waals surface area (Å²) in [5, 5.41) is 3.78. The van der Waals surface area contributed by atoms with Gasteiger partial charge in [0.15, 0.2) is 5.16 Å². The number of hydrogen-bond donors (Lipinski definition) is 1. The molecular weight excluding hydrogens is 210 g/mol. The molecule has 1 heterocycles. The van der Waals surface area contributed by atoms with Gasteiger partial charge < -0.3 is 9.88 Å². The number of carbonyl (C=O) groups is 1. The molecular formula is C10H17N3OS. The molecule has 0 radical (unpaired) electrons. The van der Waals surface area contributed by atoms with Crippen LogP contribution in [0.4, 0.5) is 0 Å². The molecule has 5 heteroatoms. The van der Waals surface area contributed by atoms with Crippen LogP contribution >= 0.6 is 11.8 Å². The van der Waals surface area contributed by atoms with Crippen LogP contribution in [-0.4, -0.2) is 27.3 Å². The van der Waals surface area contributed by atoms with Gasteiger partial charge in [0.2, 0.25) is 5.91 Å². The average Bonchev–Trinajstić information content (AvgIpc) is 2.61. The third kappa shape index (κ3) is 3.95. The van der Waals surface area contributed by atoms with Gasteiger partial charge in [-0.15, -0.1) is 0 Å². The third-order valence-corrected chi connectivity index (χ3v) is 3.19. The van der Waals surface area contributed by atoms with E-state index in [-0.39, 0.29) is 11.9 Å². The molecule has 1 amide bonds. The summed E-state index contributed by atoms with van der Waals surface area (Å²) in [5.74, 6) is 0.493. The van der Waals surface area contributed by atoms with Crippen molar-refractivity contribution in [1.82, 2.24) is 14.9 Å². The topological polar surface area (TPSA) is 46.9 Å². The normalized spacial score (nSPS) is 12.5. The van der Waals surface area contributed by atoms with Gasteiger partial charge in [0.1, 0.15) is 0 Å². The predicted molar refractivity (Wildman–Crippen MR) is 61.8 cm³/mol. The van der Waals surface area contributed by atoms with Crippen LogP contribution in [0, 0.1) is 0 Å². The van der Waals surface area contributed by atoms with Gasteiger partial charge in [-0.2, -0.15) is 0 Å². The molecule has 1 rings (SSSR count). The molecule has 0 saturated carbocycles. The Hall–Kier alpha value is -0.970. The Bertz CT molecular complexity index is 324. The Morgan fingerprint density at radius 2 is 2.47 bits per heavy atom. The first-order valence-corrected chi connectivity index (χ1v) is 6.01. The lowest BCUT2D eigenvalue weighted by Gasteiger charge is -2.10. The number of nitrogens with one attached hydrogen (secondary N) is 1. The second-order valence-electron chi connectivity index (χ2n) is 3.49. The molecule has 0 aliphatic heterocycles. The highest BCUT2D eigenvalue weighted by Gasteiger charge is 2.07. The maximum atomic E-state index is 11.4. The lowest BCUT2D eigenvalue weighted by atomic mass is 10.3. The Balaban J connectivity index is 2.31. The van der Waals surface area contributed by atoms with E-state index in [0.29, 0.717) is 5.75 Å². The Labute approximate surface area is 94.5 Å². The summed E-state index contributed by atoms with van der Waals surface area (Å²) in [6.07, 6.45) is 4.56. The van der Waals surface area contributed by atoms with Crippen molar-refractivity contribution in [2.24, 2.45) is 7.05 Å². The Kier molecular flexibility index (Phi) is 4.68. The molecule has 0 spiro atoms. The Morgan fingerprint density at radius 1 is 1.73 bits per heavy atom. The minimum absolute atomic E-state index is 0.0670. The highest BCUT2D eigenvalue weighted by Crippen LogP contribution is 2.13. The fraction of sp³-hybridized carbons (Fsp3) is 0.600. The van der Waals surface area contributed by atoms with E-state index in [4.69, 9.17) is 0 Å². The van der Waals surface area contributed by atoms with Crippen molar-refractivity contribution in [2.45, 2.75) is 31.5 Å². The number of carbonyl (C=O) groups excluding carboxylic acids is 1. The maximum absolute atomic E-state index is 11.4. The lowest BCUT2D eigenvalue weighted by molar-refractivity contribution is -0.119. The number of rotatable bonds is 5. The predicted octanol–water partition coefficient (Wildman–Crippen LogP) is 1.43. The molecule has 0 aliphatic rings. The summed E-state index contributed by atoms with van der Waals surface area (Å²) in [4.78, 5) is 15.6. The van der Waals surface area contributed by atoms with Gasteiger partial charge in [-0.1, -0.05) is 18.7 Å². The number of hydrogen-bond acceptors (Lipinski definition) is 3. The van der Waals surface area contributed by atoms with Crippen molar-refractivity contribution in [3.8, 4) is 0 Å². The number of thioether (sulfide) groups is 1. The molecule has 4 nitrogen and oxygen atoms in total. The van der Waals surface area contributed by atoms with E-state index in [1.807, 2.05) is 24.7 Å². The van der Waals surface area contributed by atoms with Gasteiger partial charge in [0.25, 0.3) is 0 Å². The standard InChI is InChI=1S/C10H17N3OS/c1-4-8(2)12-9(14)7-15-10-11-5-6-13(10)3/h5-6,8H,4,7H2,1-3H3,(H,12,14)/t8-/m1/s1. The van der Waals surface area contributed by atoms with Crippen LogP contribution in [0.1, 0.15) is 20.3 Å². The largest absolute Gasteiger partial charge is 0.353 e. The fourth-order valence-electron chi connectivity index (χ4n) is 1.04. The minimum Gasteiger partial charge on any atom is -0.353 e. The number of amides is 1. The first kappa shape index (κ1) is 12.1. The maximum Gasteiger partial charge on any atom is 0.230 e. The highest BCUT2D eigenvalue weighted by atomic mass is 32.2. The molecule has 0 bridgehead atoms. The molecule has 1 aromatic heterocycles. The zero-order valence-corrected chi connectivity index (χ0v) is 10.2.